The zero-order chi connectivity index (χ0) is 23.7. The largest absolute Gasteiger partial charge is 0.462 e. The molecule has 7 heteroatoms. The van der Waals surface area contributed by atoms with Crippen LogP contribution in [0.15, 0.2) is 88.2 Å². The summed E-state index contributed by atoms with van der Waals surface area (Å²) < 4.78 is 11.5. The third-order valence-electron chi connectivity index (χ3n) is 5.38. The molecule has 1 aliphatic heterocycles. The van der Waals surface area contributed by atoms with Crippen molar-refractivity contribution < 1.29 is 18.7 Å². The fourth-order valence-electron chi connectivity index (χ4n) is 3.78. The van der Waals surface area contributed by atoms with Crippen LogP contribution in [-0.4, -0.2) is 22.8 Å². The second-order valence-corrected chi connectivity index (χ2v) is 9.19. The molecule has 1 aromatic heterocycles. The number of carbonyl (C=O) groups is 2. The fraction of sp³-hybridized carbons (Fsp3) is 0.0741. The lowest BCUT2D eigenvalue weighted by molar-refractivity contribution is -0.113. The van der Waals surface area contributed by atoms with Crippen molar-refractivity contribution in [2.24, 2.45) is 0 Å². The molecule has 0 aliphatic carbocycles. The van der Waals surface area contributed by atoms with E-state index in [9.17, 15) is 9.59 Å². The Morgan fingerprint density at radius 3 is 2.59 bits per heavy atom. The number of furan rings is 1. The summed E-state index contributed by atoms with van der Waals surface area (Å²) in [6.07, 6.45) is 1.71. The number of amides is 1. The summed E-state index contributed by atoms with van der Waals surface area (Å²) >= 11 is 6.80. The molecule has 168 valence electrons. The summed E-state index contributed by atoms with van der Waals surface area (Å²) in [6.45, 7) is 2.10. The van der Waals surface area contributed by atoms with Gasteiger partial charge >= 0.3 is 5.97 Å². The number of ether oxygens (including phenoxy) is 1. The van der Waals surface area contributed by atoms with Gasteiger partial charge in [0.25, 0.3) is 5.91 Å². The molecule has 4 aromatic rings. The van der Waals surface area contributed by atoms with Crippen molar-refractivity contribution in [3.05, 3.63) is 95.1 Å². The van der Waals surface area contributed by atoms with Crippen molar-refractivity contribution in [1.82, 2.24) is 0 Å². The van der Waals surface area contributed by atoms with Gasteiger partial charge in [0, 0.05) is 17.0 Å². The van der Waals surface area contributed by atoms with Crippen LogP contribution in [0.3, 0.4) is 0 Å². The molecule has 0 N–H and O–H groups in total. The Kier molecular flexibility index (Phi) is 6.04. The number of benzene rings is 3. The molecule has 3 aromatic carbocycles. The number of hydrogen-bond donors (Lipinski definition) is 0. The van der Waals surface area contributed by atoms with E-state index >= 15 is 0 Å². The molecule has 5 nitrogen and oxygen atoms in total. The summed E-state index contributed by atoms with van der Waals surface area (Å²) in [5, 5.41) is 2.01. The minimum atomic E-state index is -0.359. The van der Waals surface area contributed by atoms with E-state index in [1.807, 2.05) is 48.5 Å². The van der Waals surface area contributed by atoms with Crippen molar-refractivity contribution in [3.8, 4) is 11.3 Å². The van der Waals surface area contributed by atoms with Gasteiger partial charge in [-0.15, -0.1) is 0 Å². The summed E-state index contributed by atoms with van der Waals surface area (Å²) in [4.78, 5) is 27.2. The number of carbonyl (C=O) groups excluding carboxylic acids is 2. The lowest BCUT2D eigenvalue weighted by Crippen LogP contribution is -2.27. The quantitative estimate of drug-likeness (QED) is 0.178. The molecule has 0 saturated carbocycles. The summed E-state index contributed by atoms with van der Waals surface area (Å²) in [5.41, 5.74) is 2.07. The number of nitrogens with zero attached hydrogens (tertiary/aromatic N) is 1. The molecule has 34 heavy (non-hydrogen) atoms. The van der Waals surface area contributed by atoms with Gasteiger partial charge in [-0.2, -0.15) is 0 Å². The van der Waals surface area contributed by atoms with E-state index in [4.69, 9.17) is 21.4 Å². The van der Waals surface area contributed by atoms with Gasteiger partial charge in [0.1, 0.15) is 11.5 Å². The normalized spacial score (nSPS) is 14.9. The van der Waals surface area contributed by atoms with Crippen molar-refractivity contribution >= 4 is 62.7 Å². The number of anilines is 1. The van der Waals surface area contributed by atoms with Crippen LogP contribution in [0.1, 0.15) is 23.0 Å². The van der Waals surface area contributed by atoms with Gasteiger partial charge in [-0.1, -0.05) is 72.5 Å². The Balaban J connectivity index is 1.39. The van der Waals surface area contributed by atoms with E-state index in [0.717, 1.165) is 22.0 Å². The maximum Gasteiger partial charge on any atom is 0.338 e. The van der Waals surface area contributed by atoms with E-state index in [2.05, 4.69) is 0 Å². The Morgan fingerprint density at radius 1 is 1.03 bits per heavy atom. The highest BCUT2D eigenvalue weighted by Crippen LogP contribution is 2.39. The fourth-order valence-corrected chi connectivity index (χ4v) is 5.04. The smallest absolute Gasteiger partial charge is 0.338 e. The zero-order valence-corrected chi connectivity index (χ0v) is 19.8. The van der Waals surface area contributed by atoms with Crippen LogP contribution in [-0.2, 0) is 9.53 Å². The molecule has 0 unspecified atom stereocenters. The van der Waals surface area contributed by atoms with Crippen molar-refractivity contribution in [2.45, 2.75) is 6.92 Å². The van der Waals surface area contributed by atoms with Crippen LogP contribution in [0, 0.1) is 0 Å². The molecule has 0 atom stereocenters. The Morgan fingerprint density at radius 2 is 1.79 bits per heavy atom. The van der Waals surface area contributed by atoms with E-state index in [0.29, 0.717) is 32.9 Å². The predicted molar refractivity (Wildman–Crippen MR) is 140 cm³/mol. The highest BCUT2D eigenvalue weighted by atomic mass is 32.2. The molecule has 1 saturated heterocycles. The van der Waals surface area contributed by atoms with Crippen molar-refractivity contribution in [2.75, 3.05) is 11.5 Å². The molecular weight excluding hydrogens is 466 g/mol. The van der Waals surface area contributed by atoms with Gasteiger partial charge < -0.3 is 9.15 Å². The first-order valence-electron chi connectivity index (χ1n) is 10.7. The first kappa shape index (κ1) is 22.1. The zero-order valence-electron chi connectivity index (χ0n) is 18.2. The minimum absolute atomic E-state index is 0.178. The van der Waals surface area contributed by atoms with Crippen LogP contribution in [0.2, 0.25) is 0 Å². The molecule has 1 amide bonds. The Bertz CT molecular complexity index is 1450. The van der Waals surface area contributed by atoms with Crippen molar-refractivity contribution in [1.29, 1.82) is 0 Å². The molecule has 5 rings (SSSR count). The Labute approximate surface area is 206 Å². The third kappa shape index (κ3) is 4.16. The molecule has 0 bridgehead atoms. The van der Waals surface area contributed by atoms with Crippen LogP contribution < -0.4 is 4.90 Å². The number of thiocarbonyl (C=S) groups is 1. The monoisotopic (exact) mass is 485 g/mol. The topological polar surface area (TPSA) is 59.8 Å². The van der Waals surface area contributed by atoms with Gasteiger partial charge in [0.05, 0.1) is 22.8 Å². The second kappa shape index (κ2) is 9.29. The van der Waals surface area contributed by atoms with Gasteiger partial charge in [0.15, 0.2) is 4.32 Å². The summed E-state index contributed by atoms with van der Waals surface area (Å²) in [5.74, 6) is 0.638. The SMILES string of the molecule is CCOC(=O)c1ccc(-c2ccc(/C=C3/SC(=S)N(c4cccc5ccccc45)C3=O)o2)cc1. The molecule has 1 fully saturated rings. The van der Waals surface area contributed by atoms with Gasteiger partial charge in [-0.05, 0) is 42.6 Å². The summed E-state index contributed by atoms with van der Waals surface area (Å²) in [7, 11) is 0. The first-order chi connectivity index (χ1) is 16.5. The van der Waals surface area contributed by atoms with Gasteiger partial charge in [-0.3, -0.25) is 9.69 Å². The van der Waals surface area contributed by atoms with Crippen LogP contribution in [0.5, 0.6) is 0 Å². The average Bonchev–Trinajstić information content (AvgIpc) is 3.43. The molecule has 1 aliphatic rings. The number of esters is 1. The van der Waals surface area contributed by atoms with Crippen LogP contribution in [0.25, 0.3) is 28.2 Å². The summed E-state index contributed by atoms with van der Waals surface area (Å²) in [6, 6.07) is 24.4. The first-order valence-corrected chi connectivity index (χ1v) is 11.9. The third-order valence-corrected chi connectivity index (χ3v) is 6.68. The van der Waals surface area contributed by atoms with E-state index in [-0.39, 0.29) is 11.9 Å². The molecule has 0 spiro atoms. The highest BCUT2D eigenvalue weighted by molar-refractivity contribution is 8.27. The number of fused-ring (bicyclic) bond motifs is 1. The minimum Gasteiger partial charge on any atom is -0.462 e. The van der Waals surface area contributed by atoms with Crippen molar-refractivity contribution in [3.63, 3.8) is 0 Å². The van der Waals surface area contributed by atoms with Crippen LogP contribution in [0.4, 0.5) is 5.69 Å². The molecular formula is C27H19NO4S2. The number of thioether (sulfide) groups is 1. The van der Waals surface area contributed by atoms with E-state index in [1.165, 1.54) is 11.8 Å². The van der Waals surface area contributed by atoms with E-state index in [1.54, 1.807) is 48.2 Å². The number of hydrogen-bond acceptors (Lipinski definition) is 6. The lowest BCUT2D eigenvalue weighted by atomic mass is 10.1. The van der Waals surface area contributed by atoms with Gasteiger partial charge in [-0.25, -0.2) is 4.79 Å². The standard InChI is InChI=1S/C27H19NO4S2/c1-2-31-26(30)19-12-10-18(11-13-19)23-15-14-20(32-23)16-24-25(29)28(27(33)34-24)22-9-5-7-17-6-3-4-8-21(17)22/h3-16H,2H2,1H3/b24-16+. The van der Waals surface area contributed by atoms with E-state index < -0.39 is 0 Å². The lowest BCUT2D eigenvalue weighted by Gasteiger charge is -2.17. The Hall–Kier alpha value is -3.68. The van der Waals surface area contributed by atoms with Crippen LogP contribution >= 0.6 is 24.0 Å². The average molecular weight is 486 g/mol. The predicted octanol–water partition coefficient (Wildman–Crippen LogP) is 6.68. The molecule has 2 heterocycles. The van der Waals surface area contributed by atoms with Gasteiger partial charge in [0.2, 0.25) is 0 Å². The second-order valence-electron chi connectivity index (χ2n) is 7.52. The highest BCUT2D eigenvalue weighted by Gasteiger charge is 2.34. The number of rotatable bonds is 5. The molecule has 0 radical (unpaired) electrons. The maximum absolute atomic E-state index is 13.3. The maximum atomic E-state index is 13.3.